The lowest BCUT2D eigenvalue weighted by Gasteiger charge is -2.33. The first-order valence-corrected chi connectivity index (χ1v) is 4.63. The van der Waals surface area contributed by atoms with E-state index in [4.69, 9.17) is 17.2 Å². The molecular weight excluding hydrogens is 180 g/mol. The fourth-order valence-electron chi connectivity index (χ4n) is 1.20. The Balaban J connectivity index is 4.40. The van der Waals surface area contributed by atoms with Crippen molar-refractivity contribution in [2.24, 2.45) is 17.2 Å². The Bertz CT molecular complexity index is 186. The number of nitrogens with zero attached hydrogens (tertiary/aromatic N) is 1. The molecule has 0 aliphatic carbocycles. The number of nitrogens with two attached hydrogens (primary N) is 3. The lowest BCUT2D eigenvalue weighted by atomic mass is 10.0. The Morgan fingerprint density at radius 1 is 1.07 bits per heavy atom. The molecule has 0 aromatic heterocycles. The van der Waals surface area contributed by atoms with Crippen LogP contribution in [0.15, 0.2) is 0 Å². The lowest BCUT2D eigenvalue weighted by Crippen LogP contribution is -2.55. The minimum Gasteiger partial charge on any atom is -0.351 e. The number of hydrogen-bond donors (Lipinski definition) is 3. The van der Waals surface area contributed by atoms with Crippen LogP contribution in [-0.2, 0) is 0 Å². The predicted molar refractivity (Wildman–Crippen MR) is 57.7 cm³/mol. The maximum absolute atomic E-state index is 11.1. The second-order valence-electron chi connectivity index (χ2n) is 5.17. The highest BCUT2D eigenvalue weighted by atomic mass is 16.2. The van der Waals surface area contributed by atoms with Crippen molar-refractivity contribution in [3.05, 3.63) is 0 Å². The van der Waals surface area contributed by atoms with Gasteiger partial charge in [-0.05, 0) is 27.7 Å². The van der Waals surface area contributed by atoms with Crippen LogP contribution in [0, 0.1) is 0 Å². The van der Waals surface area contributed by atoms with Crippen molar-refractivity contribution in [1.82, 2.24) is 4.90 Å². The van der Waals surface area contributed by atoms with Gasteiger partial charge in [-0.25, -0.2) is 4.79 Å². The second kappa shape index (κ2) is 4.14. The van der Waals surface area contributed by atoms with Gasteiger partial charge >= 0.3 is 6.03 Å². The van der Waals surface area contributed by atoms with Crippen LogP contribution in [0.5, 0.6) is 0 Å². The molecular formula is C9H22N4O. The zero-order valence-electron chi connectivity index (χ0n) is 9.50. The standard InChI is InChI=1S/C9H22N4O/c1-8(2,11)5-13(7(10)14)6-9(3,4)12/h5-6,11-12H2,1-4H3,(H2,10,14). The molecule has 0 radical (unpaired) electrons. The number of hydrogen-bond acceptors (Lipinski definition) is 3. The van der Waals surface area contributed by atoms with E-state index in [1.165, 1.54) is 4.90 Å². The number of amides is 2. The predicted octanol–water partition coefficient (Wildman–Crippen LogP) is -0.158. The van der Waals surface area contributed by atoms with Gasteiger partial charge < -0.3 is 22.1 Å². The van der Waals surface area contributed by atoms with Crippen LogP contribution < -0.4 is 17.2 Å². The summed E-state index contributed by atoms with van der Waals surface area (Å²) in [5.41, 5.74) is 15.9. The van der Waals surface area contributed by atoms with Crippen molar-refractivity contribution in [1.29, 1.82) is 0 Å². The van der Waals surface area contributed by atoms with Crippen molar-refractivity contribution in [2.75, 3.05) is 13.1 Å². The van der Waals surface area contributed by atoms with Crippen LogP contribution in [0.2, 0.25) is 0 Å². The van der Waals surface area contributed by atoms with E-state index >= 15 is 0 Å². The molecule has 0 aliphatic rings. The van der Waals surface area contributed by atoms with E-state index < -0.39 is 17.1 Å². The SMILES string of the molecule is CC(C)(N)CN(CC(C)(C)N)C(N)=O. The first-order chi connectivity index (χ1) is 6.01. The molecule has 0 saturated carbocycles. The van der Waals surface area contributed by atoms with Crippen LogP contribution in [0.1, 0.15) is 27.7 Å². The lowest BCUT2D eigenvalue weighted by molar-refractivity contribution is 0.181. The molecule has 0 atom stereocenters. The molecule has 2 amide bonds. The maximum atomic E-state index is 11.1. The fraction of sp³-hybridized carbons (Fsp3) is 0.889. The third-order valence-corrected chi connectivity index (χ3v) is 1.51. The molecule has 0 rings (SSSR count). The molecule has 5 heteroatoms. The van der Waals surface area contributed by atoms with E-state index in [1.807, 2.05) is 27.7 Å². The molecule has 14 heavy (non-hydrogen) atoms. The highest BCUT2D eigenvalue weighted by molar-refractivity contribution is 5.72. The van der Waals surface area contributed by atoms with Crippen molar-refractivity contribution in [3.8, 4) is 0 Å². The first-order valence-electron chi connectivity index (χ1n) is 4.63. The second-order valence-corrected chi connectivity index (χ2v) is 5.17. The van der Waals surface area contributed by atoms with Gasteiger partial charge in [0.2, 0.25) is 0 Å². The van der Waals surface area contributed by atoms with Crippen LogP contribution >= 0.6 is 0 Å². The van der Waals surface area contributed by atoms with Gasteiger partial charge in [-0.1, -0.05) is 0 Å². The fourth-order valence-corrected chi connectivity index (χ4v) is 1.20. The van der Waals surface area contributed by atoms with Crippen LogP contribution in [0.25, 0.3) is 0 Å². The Labute approximate surface area is 85.6 Å². The van der Waals surface area contributed by atoms with Gasteiger partial charge in [0.15, 0.2) is 0 Å². The van der Waals surface area contributed by atoms with Crippen molar-refractivity contribution >= 4 is 6.03 Å². The summed E-state index contributed by atoms with van der Waals surface area (Å²) in [5, 5.41) is 0. The molecule has 0 spiro atoms. The van der Waals surface area contributed by atoms with E-state index in [0.717, 1.165) is 0 Å². The molecule has 6 N–H and O–H groups in total. The Morgan fingerprint density at radius 2 is 1.36 bits per heavy atom. The number of urea groups is 1. The molecule has 5 nitrogen and oxygen atoms in total. The third kappa shape index (κ3) is 6.68. The normalized spacial score (nSPS) is 12.7. The Morgan fingerprint density at radius 3 is 1.50 bits per heavy atom. The van der Waals surface area contributed by atoms with Gasteiger partial charge in [0.25, 0.3) is 0 Å². The third-order valence-electron chi connectivity index (χ3n) is 1.51. The smallest absolute Gasteiger partial charge is 0.314 e. The highest BCUT2D eigenvalue weighted by Crippen LogP contribution is 2.06. The average Bonchev–Trinajstić information content (AvgIpc) is 1.78. The summed E-state index contributed by atoms with van der Waals surface area (Å²) in [4.78, 5) is 12.6. The summed E-state index contributed by atoms with van der Waals surface area (Å²) in [6, 6.07) is -0.484. The molecule has 0 bridgehead atoms. The van der Waals surface area contributed by atoms with E-state index in [0.29, 0.717) is 13.1 Å². The highest BCUT2D eigenvalue weighted by Gasteiger charge is 2.24. The van der Waals surface area contributed by atoms with Crippen LogP contribution in [0.3, 0.4) is 0 Å². The quantitative estimate of drug-likeness (QED) is 0.591. The van der Waals surface area contributed by atoms with E-state index in [1.54, 1.807) is 0 Å². The number of primary amides is 1. The van der Waals surface area contributed by atoms with E-state index in [2.05, 4.69) is 0 Å². The first kappa shape index (κ1) is 13.2. The molecule has 0 unspecified atom stereocenters. The van der Waals surface area contributed by atoms with Gasteiger partial charge in [-0.3, -0.25) is 0 Å². The largest absolute Gasteiger partial charge is 0.351 e. The molecule has 0 aromatic carbocycles. The van der Waals surface area contributed by atoms with Gasteiger partial charge in [0.05, 0.1) is 0 Å². The summed E-state index contributed by atoms with van der Waals surface area (Å²) in [6.07, 6.45) is 0. The minimum atomic E-state index is -0.484. The van der Waals surface area contributed by atoms with Gasteiger partial charge in [0, 0.05) is 24.2 Å². The monoisotopic (exact) mass is 202 g/mol. The van der Waals surface area contributed by atoms with Crippen molar-refractivity contribution < 1.29 is 4.79 Å². The number of carbonyl (C=O) groups excluding carboxylic acids is 1. The number of rotatable bonds is 4. The molecule has 0 saturated heterocycles. The average molecular weight is 202 g/mol. The van der Waals surface area contributed by atoms with E-state index in [9.17, 15) is 4.79 Å². The van der Waals surface area contributed by atoms with Crippen LogP contribution in [0.4, 0.5) is 4.79 Å². The molecule has 0 aromatic rings. The molecule has 0 fully saturated rings. The van der Waals surface area contributed by atoms with Gasteiger partial charge in [0.1, 0.15) is 0 Å². The summed E-state index contributed by atoms with van der Waals surface area (Å²) in [6.45, 7) is 8.17. The summed E-state index contributed by atoms with van der Waals surface area (Å²) >= 11 is 0. The van der Waals surface area contributed by atoms with Crippen molar-refractivity contribution in [2.45, 2.75) is 38.8 Å². The number of carbonyl (C=O) groups is 1. The van der Waals surface area contributed by atoms with E-state index in [-0.39, 0.29) is 0 Å². The Hall–Kier alpha value is -0.810. The summed E-state index contributed by atoms with van der Waals surface area (Å²) in [5.74, 6) is 0. The van der Waals surface area contributed by atoms with Crippen LogP contribution in [-0.4, -0.2) is 35.1 Å². The molecule has 0 heterocycles. The van der Waals surface area contributed by atoms with Crippen molar-refractivity contribution in [3.63, 3.8) is 0 Å². The summed E-state index contributed by atoms with van der Waals surface area (Å²) in [7, 11) is 0. The van der Waals surface area contributed by atoms with Gasteiger partial charge in [-0.2, -0.15) is 0 Å². The molecule has 84 valence electrons. The topological polar surface area (TPSA) is 98.4 Å². The zero-order chi connectivity index (χ0) is 11.6. The summed E-state index contributed by atoms with van der Waals surface area (Å²) < 4.78 is 0. The molecule has 0 aliphatic heterocycles. The zero-order valence-corrected chi connectivity index (χ0v) is 9.50. The minimum absolute atomic E-state index is 0.406. The van der Waals surface area contributed by atoms with Gasteiger partial charge in [-0.15, -0.1) is 0 Å². The Kier molecular flexibility index (Phi) is 3.91. The maximum Gasteiger partial charge on any atom is 0.314 e.